The van der Waals surface area contributed by atoms with Crippen LogP contribution in [-0.2, 0) is 0 Å². The van der Waals surface area contributed by atoms with Gasteiger partial charge in [-0.1, -0.05) is 13.8 Å². The van der Waals surface area contributed by atoms with Gasteiger partial charge in [0.05, 0.1) is 23.9 Å². The second kappa shape index (κ2) is 5.51. The molecule has 112 valence electrons. The van der Waals surface area contributed by atoms with Crippen molar-refractivity contribution < 1.29 is 9.53 Å². The van der Waals surface area contributed by atoms with E-state index >= 15 is 0 Å². The van der Waals surface area contributed by atoms with E-state index in [2.05, 4.69) is 18.8 Å². The Bertz CT molecular complexity index is 593. The summed E-state index contributed by atoms with van der Waals surface area (Å²) in [7, 11) is 0. The maximum absolute atomic E-state index is 12.7. The Morgan fingerprint density at radius 3 is 3.00 bits per heavy atom. The van der Waals surface area contributed by atoms with E-state index in [4.69, 9.17) is 4.74 Å². The van der Waals surface area contributed by atoms with Gasteiger partial charge < -0.3 is 9.64 Å². The van der Waals surface area contributed by atoms with E-state index in [0.29, 0.717) is 18.1 Å². The maximum atomic E-state index is 12.7. The molecule has 1 aromatic carbocycles. The summed E-state index contributed by atoms with van der Waals surface area (Å²) in [6.45, 7) is 7.73. The minimum atomic E-state index is 0.100. The molecule has 4 heteroatoms. The zero-order valence-corrected chi connectivity index (χ0v) is 12.9. The number of aryl methyl sites for hydroxylation is 1. The van der Waals surface area contributed by atoms with Gasteiger partial charge in [0.25, 0.3) is 5.91 Å². The second-order valence-corrected chi connectivity index (χ2v) is 6.33. The Morgan fingerprint density at radius 2 is 2.24 bits per heavy atom. The van der Waals surface area contributed by atoms with Crippen LogP contribution in [0.3, 0.4) is 0 Å². The highest BCUT2D eigenvalue weighted by atomic mass is 16.5. The lowest BCUT2D eigenvalue weighted by molar-refractivity contribution is 0.0774. The Hall–Kier alpha value is -1.84. The van der Waals surface area contributed by atoms with Crippen LogP contribution in [-0.4, -0.2) is 36.2 Å². The van der Waals surface area contributed by atoms with Crippen LogP contribution in [0.4, 0.5) is 5.69 Å². The fourth-order valence-corrected chi connectivity index (χ4v) is 2.89. The summed E-state index contributed by atoms with van der Waals surface area (Å²) in [5.41, 5.74) is 2.43. The second-order valence-electron chi connectivity index (χ2n) is 6.33. The molecule has 1 atom stereocenters. The van der Waals surface area contributed by atoms with E-state index in [-0.39, 0.29) is 11.9 Å². The number of aliphatic imine (C=N–C) groups is 1. The first kappa shape index (κ1) is 14.1. The molecule has 1 unspecified atom stereocenters. The van der Waals surface area contributed by atoms with Gasteiger partial charge in [-0.15, -0.1) is 0 Å². The first-order chi connectivity index (χ1) is 10.1. The minimum Gasteiger partial charge on any atom is -0.493 e. The van der Waals surface area contributed by atoms with Crippen molar-refractivity contribution in [1.29, 1.82) is 0 Å². The average molecular weight is 286 g/mol. The van der Waals surface area contributed by atoms with Crippen LogP contribution >= 0.6 is 0 Å². The van der Waals surface area contributed by atoms with E-state index < -0.39 is 0 Å². The van der Waals surface area contributed by atoms with Crippen molar-refractivity contribution in [2.75, 3.05) is 13.2 Å². The summed E-state index contributed by atoms with van der Waals surface area (Å²) in [6.07, 6.45) is 3.99. The Balaban J connectivity index is 1.95. The molecule has 2 heterocycles. The summed E-state index contributed by atoms with van der Waals surface area (Å²) in [5, 5.41) is 0. The first-order valence-corrected chi connectivity index (χ1v) is 7.69. The van der Waals surface area contributed by atoms with E-state index in [1.807, 2.05) is 30.2 Å². The summed E-state index contributed by atoms with van der Waals surface area (Å²) >= 11 is 0. The number of fused-ring (bicyclic) bond motifs is 2. The quantitative estimate of drug-likeness (QED) is 0.855. The van der Waals surface area contributed by atoms with E-state index in [0.717, 1.165) is 36.4 Å². The molecular weight excluding hydrogens is 264 g/mol. The molecule has 0 radical (unpaired) electrons. The molecule has 0 aromatic heterocycles. The highest BCUT2D eigenvalue weighted by Crippen LogP contribution is 2.33. The molecule has 0 spiro atoms. The number of amides is 1. The van der Waals surface area contributed by atoms with E-state index in [1.165, 1.54) is 0 Å². The molecule has 21 heavy (non-hydrogen) atoms. The normalized spacial score (nSPS) is 20.5. The molecule has 3 rings (SSSR count). The van der Waals surface area contributed by atoms with Crippen LogP contribution in [0.2, 0.25) is 0 Å². The van der Waals surface area contributed by atoms with Crippen molar-refractivity contribution in [3.05, 3.63) is 23.3 Å². The van der Waals surface area contributed by atoms with Gasteiger partial charge in [-0.2, -0.15) is 0 Å². The molecule has 1 saturated heterocycles. The SMILES string of the molecule is Cc1cc2c(cc1OCC(C)C)N=CC1CCCN1C2=O. The van der Waals surface area contributed by atoms with Gasteiger partial charge in [-0.3, -0.25) is 9.79 Å². The molecule has 1 aromatic rings. The summed E-state index contributed by atoms with van der Waals surface area (Å²) < 4.78 is 5.84. The van der Waals surface area contributed by atoms with Crippen LogP contribution in [0.25, 0.3) is 0 Å². The fourth-order valence-electron chi connectivity index (χ4n) is 2.89. The maximum Gasteiger partial charge on any atom is 0.256 e. The van der Waals surface area contributed by atoms with Crippen molar-refractivity contribution >= 4 is 17.8 Å². The number of ether oxygens (including phenoxy) is 1. The van der Waals surface area contributed by atoms with Gasteiger partial charge in [-0.25, -0.2) is 0 Å². The summed E-state index contributed by atoms with van der Waals surface area (Å²) in [5.74, 6) is 1.40. The zero-order chi connectivity index (χ0) is 15.0. The third kappa shape index (κ3) is 2.67. The van der Waals surface area contributed by atoms with E-state index in [1.54, 1.807) is 0 Å². The Labute approximate surface area is 125 Å². The monoisotopic (exact) mass is 286 g/mol. The minimum absolute atomic E-state index is 0.100. The Kier molecular flexibility index (Phi) is 3.70. The number of carbonyl (C=O) groups excluding carboxylic acids is 1. The Morgan fingerprint density at radius 1 is 1.43 bits per heavy atom. The topological polar surface area (TPSA) is 41.9 Å². The van der Waals surface area contributed by atoms with Crippen LogP contribution in [0.5, 0.6) is 5.75 Å². The number of benzene rings is 1. The van der Waals surface area contributed by atoms with Gasteiger partial charge >= 0.3 is 0 Å². The molecule has 2 aliphatic rings. The third-order valence-corrected chi connectivity index (χ3v) is 4.04. The van der Waals surface area contributed by atoms with Gasteiger partial charge in [0.15, 0.2) is 0 Å². The smallest absolute Gasteiger partial charge is 0.256 e. The first-order valence-electron chi connectivity index (χ1n) is 7.69. The summed E-state index contributed by atoms with van der Waals surface area (Å²) in [6, 6.07) is 3.99. The predicted molar refractivity (Wildman–Crippen MR) is 83.7 cm³/mol. The van der Waals surface area contributed by atoms with Crippen molar-refractivity contribution in [3.63, 3.8) is 0 Å². The van der Waals surface area contributed by atoms with Gasteiger partial charge in [0.2, 0.25) is 0 Å². The molecule has 2 aliphatic heterocycles. The molecule has 0 N–H and O–H groups in total. The molecule has 0 aliphatic carbocycles. The molecule has 1 amide bonds. The largest absolute Gasteiger partial charge is 0.493 e. The lowest BCUT2D eigenvalue weighted by Crippen LogP contribution is -2.35. The van der Waals surface area contributed by atoms with Crippen molar-refractivity contribution in [2.45, 2.75) is 39.7 Å². The highest BCUT2D eigenvalue weighted by Gasteiger charge is 2.32. The average Bonchev–Trinajstić information content (AvgIpc) is 2.87. The van der Waals surface area contributed by atoms with E-state index in [9.17, 15) is 4.79 Å². The lowest BCUT2D eigenvalue weighted by atomic mass is 10.1. The van der Waals surface area contributed by atoms with Crippen LogP contribution in [0, 0.1) is 12.8 Å². The standard InChI is InChI=1S/C17H22N2O2/c1-11(2)10-21-16-8-15-14(7-12(16)3)17(20)19-6-4-5-13(19)9-18-15/h7-9,11,13H,4-6,10H2,1-3H3. The van der Waals surface area contributed by atoms with Gasteiger partial charge in [0.1, 0.15) is 5.75 Å². The van der Waals surface area contributed by atoms with Crippen molar-refractivity contribution in [3.8, 4) is 5.75 Å². The molecule has 1 fully saturated rings. The van der Waals surface area contributed by atoms with Crippen LogP contribution in [0.1, 0.15) is 42.6 Å². The zero-order valence-electron chi connectivity index (χ0n) is 12.9. The third-order valence-electron chi connectivity index (χ3n) is 4.04. The number of carbonyl (C=O) groups is 1. The number of hydrogen-bond acceptors (Lipinski definition) is 3. The number of nitrogens with zero attached hydrogens (tertiary/aromatic N) is 2. The molecule has 4 nitrogen and oxygen atoms in total. The van der Waals surface area contributed by atoms with Crippen LogP contribution in [0.15, 0.2) is 17.1 Å². The number of hydrogen-bond donors (Lipinski definition) is 0. The molecule has 0 bridgehead atoms. The van der Waals surface area contributed by atoms with Crippen LogP contribution < -0.4 is 4.74 Å². The molecular formula is C17H22N2O2. The highest BCUT2D eigenvalue weighted by molar-refractivity contribution is 6.03. The van der Waals surface area contributed by atoms with Crippen molar-refractivity contribution in [2.24, 2.45) is 10.9 Å². The fraction of sp³-hybridized carbons (Fsp3) is 0.529. The molecule has 0 saturated carbocycles. The predicted octanol–water partition coefficient (Wildman–Crippen LogP) is 3.35. The number of rotatable bonds is 3. The van der Waals surface area contributed by atoms with Gasteiger partial charge in [0, 0.05) is 18.8 Å². The summed E-state index contributed by atoms with van der Waals surface area (Å²) in [4.78, 5) is 19.1. The van der Waals surface area contributed by atoms with Crippen molar-refractivity contribution in [1.82, 2.24) is 4.90 Å². The lowest BCUT2D eigenvalue weighted by Gasteiger charge is -2.20. The van der Waals surface area contributed by atoms with Gasteiger partial charge in [-0.05, 0) is 37.3 Å².